The van der Waals surface area contributed by atoms with Gasteiger partial charge in [0.25, 0.3) is 11.6 Å². The number of para-hydroxylation sites is 1. The van der Waals surface area contributed by atoms with Crippen LogP contribution in [0, 0.1) is 17.0 Å². The van der Waals surface area contributed by atoms with Gasteiger partial charge in [0, 0.05) is 31.4 Å². The van der Waals surface area contributed by atoms with E-state index < -0.39 is 4.92 Å². The van der Waals surface area contributed by atoms with Crippen molar-refractivity contribution in [2.45, 2.75) is 26.3 Å². The number of carbonyl (C=O) groups excluding carboxylic acids is 1. The van der Waals surface area contributed by atoms with Gasteiger partial charge in [0.2, 0.25) is 0 Å². The Bertz CT molecular complexity index is 1100. The number of nitro benzene ring substituents is 1. The molecular weight excluding hydrogens is 420 g/mol. The summed E-state index contributed by atoms with van der Waals surface area (Å²) in [6, 6.07) is 17.5. The van der Waals surface area contributed by atoms with Crippen molar-refractivity contribution in [2.24, 2.45) is 0 Å². The molecule has 2 aromatic carbocycles. The van der Waals surface area contributed by atoms with Crippen LogP contribution in [0.4, 0.5) is 11.4 Å². The van der Waals surface area contributed by atoms with Crippen molar-refractivity contribution in [1.82, 2.24) is 9.88 Å². The molecule has 0 fully saturated rings. The molecule has 33 heavy (non-hydrogen) atoms. The molecule has 0 aliphatic rings. The Labute approximate surface area is 193 Å². The van der Waals surface area contributed by atoms with Gasteiger partial charge < -0.3 is 15.0 Å². The quantitative estimate of drug-likeness (QED) is 0.266. The molecule has 0 bridgehead atoms. The molecule has 1 unspecified atom stereocenters. The van der Waals surface area contributed by atoms with Crippen molar-refractivity contribution in [2.75, 3.05) is 25.5 Å². The molecule has 0 spiro atoms. The number of rotatable bonds is 10. The number of anilines is 1. The lowest BCUT2D eigenvalue weighted by atomic mass is 10.1. The van der Waals surface area contributed by atoms with Crippen LogP contribution >= 0.6 is 0 Å². The van der Waals surface area contributed by atoms with Crippen LogP contribution in [-0.4, -0.2) is 40.9 Å². The molecule has 1 atom stereocenters. The van der Waals surface area contributed by atoms with Gasteiger partial charge in [-0.1, -0.05) is 24.3 Å². The Hall–Kier alpha value is -3.94. The molecule has 1 aromatic heterocycles. The van der Waals surface area contributed by atoms with Gasteiger partial charge in [0.15, 0.2) is 0 Å². The fourth-order valence-corrected chi connectivity index (χ4v) is 3.40. The van der Waals surface area contributed by atoms with E-state index in [1.165, 1.54) is 6.07 Å². The smallest absolute Gasteiger partial charge is 0.293 e. The molecule has 8 nitrogen and oxygen atoms in total. The first-order chi connectivity index (χ1) is 15.9. The lowest BCUT2D eigenvalue weighted by Gasteiger charge is -2.19. The van der Waals surface area contributed by atoms with Crippen molar-refractivity contribution >= 4 is 17.3 Å². The Balaban J connectivity index is 1.62. The summed E-state index contributed by atoms with van der Waals surface area (Å²) < 4.78 is 5.77. The third-order valence-corrected chi connectivity index (χ3v) is 5.28. The third-order valence-electron chi connectivity index (χ3n) is 5.28. The van der Waals surface area contributed by atoms with E-state index in [0.717, 1.165) is 17.0 Å². The maximum atomic E-state index is 12.8. The number of carbonyl (C=O) groups is 1. The first kappa shape index (κ1) is 23.7. The molecule has 0 saturated carbocycles. The van der Waals surface area contributed by atoms with E-state index in [1.54, 1.807) is 30.3 Å². The van der Waals surface area contributed by atoms with E-state index in [4.69, 9.17) is 4.74 Å². The first-order valence-electron chi connectivity index (χ1n) is 10.8. The van der Waals surface area contributed by atoms with Gasteiger partial charge >= 0.3 is 0 Å². The molecule has 1 amide bonds. The summed E-state index contributed by atoms with van der Waals surface area (Å²) in [6.45, 7) is 4.79. The average molecular weight is 449 g/mol. The summed E-state index contributed by atoms with van der Waals surface area (Å²) in [6.07, 6.45) is 2.31. The first-order valence-corrected chi connectivity index (χ1v) is 10.8. The summed E-state index contributed by atoms with van der Waals surface area (Å²) in [5.74, 6) is 0.545. The molecule has 3 rings (SSSR count). The van der Waals surface area contributed by atoms with Crippen LogP contribution < -0.4 is 10.1 Å². The van der Waals surface area contributed by atoms with Gasteiger partial charge in [-0.15, -0.1) is 0 Å². The van der Waals surface area contributed by atoms with Gasteiger partial charge in [-0.2, -0.15) is 0 Å². The topological polar surface area (TPSA) is 97.6 Å². The highest BCUT2D eigenvalue weighted by molar-refractivity contribution is 5.95. The second-order valence-corrected chi connectivity index (χ2v) is 7.80. The number of pyridine rings is 1. The number of hydrogen-bond donors (Lipinski definition) is 1. The Morgan fingerprint density at radius 3 is 2.64 bits per heavy atom. The average Bonchev–Trinajstić information content (AvgIpc) is 2.82. The number of ether oxygens (including phenoxy) is 1. The number of aryl methyl sites for hydroxylation is 1. The van der Waals surface area contributed by atoms with Crippen LogP contribution in [0.5, 0.6) is 5.75 Å². The molecule has 0 radical (unpaired) electrons. The van der Waals surface area contributed by atoms with Crippen LogP contribution in [0.25, 0.3) is 0 Å². The third kappa shape index (κ3) is 6.29. The standard InChI is InChI=1S/C25H28N4O4/c1-18-9-4-5-11-24(18)33-16-8-15-28(3)25(30)20-12-13-22(23(17-20)29(31)32)27-19(2)21-10-6-7-14-26-21/h4-7,9-14,17,19,27H,8,15-16H2,1-3H3. The molecule has 0 aliphatic carbocycles. The Morgan fingerprint density at radius 2 is 1.94 bits per heavy atom. The van der Waals surface area contributed by atoms with Crippen molar-refractivity contribution in [3.8, 4) is 5.75 Å². The van der Waals surface area contributed by atoms with Gasteiger partial charge in [-0.3, -0.25) is 19.9 Å². The molecule has 172 valence electrons. The zero-order chi connectivity index (χ0) is 23.8. The molecule has 3 aromatic rings. The molecule has 0 saturated heterocycles. The van der Waals surface area contributed by atoms with Crippen molar-refractivity contribution in [1.29, 1.82) is 0 Å². The number of nitrogens with zero attached hydrogens (tertiary/aromatic N) is 3. The summed E-state index contributed by atoms with van der Waals surface area (Å²) in [5, 5.41) is 14.8. The van der Waals surface area contributed by atoms with E-state index in [9.17, 15) is 14.9 Å². The van der Waals surface area contributed by atoms with Gasteiger partial charge in [0.1, 0.15) is 11.4 Å². The predicted octanol–water partition coefficient (Wildman–Crippen LogP) is 5.01. The minimum absolute atomic E-state index is 0.153. The fraction of sp³-hybridized carbons (Fsp3) is 0.280. The largest absolute Gasteiger partial charge is 0.493 e. The minimum atomic E-state index is -0.486. The maximum absolute atomic E-state index is 12.8. The maximum Gasteiger partial charge on any atom is 0.293 e. The lowest BCUT2D eigenvalue weighted by molar-refractivity contribution is -0.384. The van der Waals surface area contributed by atoms with E-state index >= 15 is 0 Å². The van der Waals surface area contributed by atoms with Gasteiger partial charge in [0.05, 0.1) is 23.3 Å². The lowest BCUT2D eigenvalue weighted by Crippen LogP contribution is -2.28. The molecular formula is C25H28N4O4. The fourth-order valence-electron chi connectivity index (χ4n) is 3.40. The number of nitro groups is 1. The Kier molecular flexibility index (Phi) is 7.96. The molecule has 0 aliphatic heterocycles. The highest BCUT2D eigenvalue weighted by atomic mass is 16.6. The van der Waals surface area contributed by atoms with Crippen LogP contribution in [0.15, 0.2) is 66.9 Å². The normalized spacial score (nSPS) is 11.5. The van der Waals surface area contributed by atoms with E-state index in [0.29, 0.717) is 25.3 Å². The summed E-state index contributed by atoms with van der Waals surface area (Å²) >= 11 is 0. The van der Waals surface area contributed by atoms with Crippen molar-refractivity contribution in [3.05, 3.63) is 93.8 Å². The van der Waals surface area contributed by atoms with E-state index in [1.807, 2.05) is 56.3 Å². The van der Waals surface area contributed by atoms with Crippen LogP contribution in [-0.2, 0) is 0 Å². The number of aromatic nitrogens is 1. The predicted molar refractivity (Wildman–Crippen MR) is 128 cm³/mol. The zero-order valence-corrected chi connectivity index (χ0v) is 19.0. The zero-order valence-electron chi connectivity index (χ0n) is 19.0. The number of amides is 1. The molecule has 1 N–H and O–H groups in total. The second kappa shape index (κ2) is 11.1. The number of hydrogen-bond acceptors (Lipinski definition) is 6. The highest BCUT2D eigenvalue weighted by Gasteiger charge is 2.21. The second-order valence-electron chi connectivity index (χ2n) is 7.80. The highest BCUT2D eigenvalue weighted by Crippen LogP contribution is 2.29. The van der Waals surface area contributed by atoms with Crippen LogP contribution in [0.1, 0.15) is 41.0 Å². The van der Waals surface area contributed by atoms with Crippen LogP contribution in [0.3, 0.4) is 0 Å². The SMILES string of the molecule is Cc1ccccc1OCCCN(C)C(=O)c1ccc(NC(C)c2ccccn2)c([N+](=O)[O-])c1. The summed E-state index contributed by atoms with van der Waals surface area (Å²) in [4.78, 5) is 29.8. The summed E-state index contributed by atoms with van der Waals surface area (Å²) in [5.41, 5.74) is 2.27. The van der Waals surface area contributed by atoms with Gasteiger partial charge in [-0.05, 0) is 56.2 Å². The number of benzene rings is 2. The van der Waals surface area contributed by atoms with Gasteiger partial charge in [-0.25, -0.2) is 0 Å². The summed E-state index contributed by atoms with van der Waals surface area (Å²) in [7, 11) is 1.68. The minimum Gasteiger partial charge on any atom is -0.493 e. The van der Waals surface area contributed by atoms with E-state index in [-0.39, 0.29) is 23.2 Å². The van der Waals surface area contributed by atoms with E-state index in [2.05, 4.69) is 10.3 Å². The molecule has 8 heteroatoms. The van der Waals surface area contributed by atoms with Crippen LogP contribution in [0.2, 0.25) is 0 Å². The molecule has 1 heterocycles. The number of nitrogens with one attached hydrogen (secondary N) is 1. The Morgan fingerprint density at radius 1 is 1.18 bits per heavy atom. The van der Waals surface area contributed by atoms with Crippen molar-refractivity contribution < 1.29 is 14.5 Å². The van der Waals surface area contributed by atoms with Crippen molar-refractivity contribution in [3.63, 3.8) is 0 Å². The monoisotopic (exact) mass is 448 g/mol.